The van der Waals surface area contributed by atoms with Gasteiger partial charge >= 0.3 is 5.97 Å². The average molecular weight is 238 g/mol. The molecule has 0 amide bonds. The van der Waals surface area contributed by atoms with Gasteiger partial charge in [0.05, 0.1) is 12.8 Å². The molecule has 0 bridgehead atoms. The van der Waals surface area contributed by atoms with Crippen LogP contribution in [0.15, 0.2) is 22.8 Å². The summed E-state index contributed by atoms with van der Waals surface area (Å²) in [6.45, 7) is 2.23. The second-order valence-corrected chi connectivity index (χ2v) is 4.37. The largest absolute Gasteiger partial charge is 0.476 e. The number of nitrogens with zero attached hydrogens (tertiary/aromatic N) is 1. The van der Waals surface area contributed by atoms with Crippen LogP contribution >= 0.6 is 11.3 Å². The Morgan fingerprint density at radius 1 is 1.69 bits per heavy atom. The number of hydrogen-bond acceptors (Lipinski definition) is 5. The molecule has 6 heteroatoms. The van der Waals surface area contributed by atoms with Gasteiger partial charge in [0, 0.05) is 4.88 Å². The SMILES string of the molecule is Cc1sc(NCc2ccco2)nc1C(=O)O. The molecule has 0 radical (unpaired) electrons. The molecule has 0 spiro atoms. The van der Waals surface area contributed by atoms with Crippen molar-refractivity contribution in [2.24, 2.45) is 0 Å². The predicted molar refractivity (Wildman–Crippen MR) is 59.8 cm³/mol. The zero-order valence-electron chi connectivity index (χ0n) is 8.56. The van der Waals surface area contributed by atoms with E-state index in [0.29, 0.717) is 16.6 Å². The highest BCUT2D eigenvalue weighted by atomic mass is 32.1. The van der Waals surface area contributed by atoms with E-state index in [-0.39, 0.29) is 5.69 Å². The van der Waals surface area contributed by atoms with Gasteiger partial charge in [0.25, 0.3) is 0 Å². The van der Waals surface area contributed by atoms with E-state index in [9.17, 15) is 4.79 Å². The molecule has 2 rings (SSSR count). The second-order valence-electron chi connectivity index (χ2n) is 3.16. The maximum absolute atomic E-state index is 10.8. The Balaban J connectivity index is 2.05. The third kappa shape index (κ3) is 2.22. The van der Waals surface area contributed by atoms with Crippen LogP contribution in [0.2, 0.25) is 0 Å². The van der Waals surface area contributed by atoms with Gasteiger partial charge in [-0.3, -0.25) is 0 Å². The Kier molecular flexibility index (Phi) is 2.91. The minimum atomic E-state index is -1.00. The van der Waals surface area contributed by atoms with E-state index in [1.165, 1.54) is 11.3 Å². The van der Waals surface area contributed by atoms with Gasteiger partial charge in [-0.05, 0) is 19.1 Å². The molecule has 2 aromatic heterocycles. The number of hydrogen-bond donors (Lipinski definition) is 2. The number of carboxylic acid groups (broad SMARTS) is 1. The summed E-state index contributed by atoms with van der Waals surface area (Å²) in [5.74, 6) is -0.218. The van der Waals surface area contributed by atoms with Crippen molar-refractivity contribution in [3.8, 4) is 0 Å². The van der Waals surface area contributed by atoms with E-state index >= 15 is 0 Å². The average Bonchev–Trinajstić information content (AvgIpc) is 2.83. The summed E-state index contributed by atoms with van der Waals surface area (Å²) in [5.41, 5.74) is 0.104. The normalized spacial score (nSPS) is 10.3. The molecule has 84 valence electrons. The van der Waals surface area contributed by atoms with Crippen molar-refractivity contribution in [2.75, 3.05) is 5.32 Å². The van der Waals surface area contributed by atoms with E-state index in [2.05, 4.69) is 10.3 Å². The van der Waals surface area contributed by atoms with Gasteiger partial charge < -0.3 is 14.8 Å². The number of aryl methyl sites for hydroxylation is 1. The van der Waals surface area contributed by atoms with Crippen molar-refractivity contribution in [1.29, 1.82) is 0 Å². The molecular weight excluding hydrogens is 228 g/mol. The third-order valence-electron chi connectivity index (χ3n) is 1.99. The highest BCUT2D eigenvalue weighted by Crippen LogP contribution is 2.22. The molecule has 0 fully saturated rings. The molecule has 2 N–H and O–H groups in total. The first-order valence-electron chi connectivity index (χ1n) is 4.64. The Hall–Kier alpha value is -1.82. The first-order chi connectivity index (χ1) is 7.66. The number of aromatic nitrogens is 1. The minimum Gasteiger partial charge on any atom is -0.476 e. The minimum absolute atomic E-state index is 0.104. The molecule has 0 atom stereocenters. The number of nitrogens with one attached hydrogen (secondary N) is 1. The van der Waals surface area contributed by atoms with Gasteiger partial charge in [0.2, 0.25) is 0 Å². The van der Waals surface area contributed by atoms with Gasteiger partial charge in [-0.15, -0.1) is 11.3 Å². The number of furan rings is 1. The van der Waals surface area contributed by atoms with Crippen molar-refractivity contribution in [1.82, 2.24) is 4.98 Å². The summed E-state index contributed by atoms with van der Waals surface area (Å²) in [5, 5.41) is 12.4. The van der Waals surface area contributed by atoms with Crippen molar-refractivity contribution in [2.45, 2.75) is 13.5 Å². The molecule has 0 saturated heterocycles. The summed E-state index contributed by atoms with van der Waals surface area (Å²) < 4.78 is 5.14. The van der Waals surface area contributed by atoms with E-state index in [4.69, 9.17) is 9.52 Å². The number of carbonyl (C=O) groups is 1. The molecule has 0 aromatic carbocycles. The third-order valence-corrected chi connectivity index (χ3v) is 2.92. The van der Waals surface area contributed by atoms with Gasteiger partial charge in [-0.2, -0.15) is 0 Å². The Morgan fingerprint density at radius 3 is 3.06 bits per heavy atom. The molecule has 0 aliphatic rings. The zero-order valence-corrected chi connectivity index (χ0v) is 9.37. The fourth-order valence-corrected chi connectivity index (χ4v) is 2.05. The number of rotatable bonds is 4. The summed E-state index contributed by atoms with van der Waals surface area (Å²) in [6.07, 6.45) is 1.59. The first-order valence-corrected chi connectivity index (χ1v) is 5.45. The smallest absolute Gasteiger partial charge is 0.355 e. The number of aromatic carboxylic acids is 1. The Morgan fingerprint density at radius 2 is 2.50 bits per heavy atom. The van der Waals surface area contributed by atoms with Crippen LogP contribution in [-0.2, 0) is 6.54 Å². The van der Waals surface area contributed by atoms with Crippen LogP contribution in [0.25, 0.3) is 0 Å². The highest BCUT2D eigenvalue weighted by Gasteiger charge is 2.13. The number of thiazole rings is 1. The molecular formula is C10H10N2O3S. The van der Waals surface area contributed by atoms with Gasteiger partial charge in [-0.1, -0.05) is 0 Å². The predicted octanol–water partition coefficient (Wildman–Crippen LogP) is 2.35. The van der Waals surface area contributed by atoms with Crippen LogP contribution in [0.5, 0.6) is 0 Å². The van der Waals surface area contributed by atoms with Crippen LogP contribution < -0.4 is 5.32 Å². The highest BCUT2D eigenvalue weighted by molar-refractivity contribution is 7.15. The lowest BCUT2D eigenvalue weighted by molar-refractivity contribution is 0.0690. The van der Waals surface area contributed by atoms with Gasteiger partial charge in [-0.25, -0.2) is 9.78 Å². The number of carboxylic acids is 1. The van der Waals surface area contributed by atoms with E-state index in [1.54, 1.807) is 19.3 Å². The topological polar surface area (TPSA) is 75.4 Å². The lowest BCUT2D eigenvalue weighted by atomic mass is 10.4. The fraction of sp³-hybridized carbons (Fsp3) is 0.200. The lowest BCUT2D eigenvalue weighted by Crippen LogP contribution is -2.01. The summed E-state index contributed by atoms with van der Waals surface area (Å²) in [4.78, 5) is 15.4. The lowest BCUT2D eigenvalue weighted by Gasteiger charge is -1.97. The molecule has 2 heterocycles. The maximum atomic E-state index is 10.8. The van der Waals surface area contributed by atoms with Crippen LogP contribution in [0, 0.1) is 6.92 Å². The standard InChI is InChI=1S/C10H10N2O3S/c1-6-8(9(13)14)12-10(16-6)11-5-7-3-2-4-15-7/h2-4H,5H2,1H3,(H,11,12)(H,13,14). The fourth-order valence-electron chi connectivity index (χ4n) is 1.25. The van der Waals surface area contributed by atoms with Crippen LogP contribution in [-0.4, -0.2) is 16.1 Å². The number of anilines is 1. The molecule has 2 aromatic rings. The summed E-state index contributed by atoms with van der Waals surface area (Å²) >= 11 is 1.32. The Bertz CT molecular complexity index is 490. The second kappa shape index (κ2) is 4.36. The van der Waals surface area contributed by atoms with E-state index < -0.39 is 5.97 Å². The molecule has 0 saturated carbocycles. The molecule has 5 nitrogen and oxygen atoms in total. The summed E-state index contributed by atoms with van der Waals surface area (Å²) in [6, 6.07) is 3.64. The van der Waals surface area contributed by atoms with Crippen molar-refractivity contribution in [3.63, 3.8) is 0 Å². The monoisotopic (exact) mass is 238 g/mol. The first kappa shape index (κ1) is 10.7. The van der Waals surface area contributed by atoms with Crippen LogP contribution in [0.3, 0.4) is 0 Å². The zero-order chi connectivity index (χ0) is 11.5. The molecule has 0 aliphatic heterocycles. The summed E-state index contributed by atoms with van der Waals surface area (Å²) in [7, 11) is 0. The van der Waals surface area contributed by atoms with Gasteiger partial charge in [0.15, 0.2) is 10.8 Å². The van der Waals surface area contributed by atoms with Gasteiger partial charge in [0.1, 0.15) is 5.76 Å². The molecule has 16 heavy (non-hydrogen) atoms. The molecule has 0 unspecified atom stereocenters. The quantitative estimate of drug-likeness (QED) is 0.855. The Labute approximate surface area is 95.7 Å². The van der Waals surface area contributed by atoms with Crippen molar-refractivity contribution in [3.05, 3.63) is 34.7 Å². The van der Waals surface area contributed by atoms with Crippen molar-refractivity contribution >= 4 is 22.4 Å². The molecule has 0 aliphatic carbocycles. The van der Waals surface area contributed by atoms with Crippen molar-refractivity contribution < 1.29 is 14.3 Å². The van der Waals surface area contributed by atoms with E-state index in [1.807, 2.05) is 6.07 Å². The maximum Gasteiger partial charge on any atom is 0.355 e. The van der Waals surface area contributed by atoms with Crippen LogP contribution in [0.4, 0.5) is 5.13 Å². The van der Waals surface area contributed by atoms with Crippen LogP contribution in [0.1, 0.15) is 21.1 Å². The van der Waals surface area contributed by atoms with E-state index in [0.717, 1.165) is 5.76 Å².